The van der Waals surface area contributed by atoms with Crippen molar-refractivity contribution in [3.8, 4) is 0 Å². The molecule has 17 heavy (non-hydrogen) atoms. The van der Waals surface area contributed by atoms with Crippen LogP contribution >= 0.6 is 0 Å². The van der Waals surface area contributed by atoms with E-state index in [1.807, 2.05) is 6.07 Å². The van der Waals surface area contributed by atoms with Crippen LogP contribution in [0.2, 0.25) is 0 Å². The van der Waals surface area contributed by atoms with E-state index in [1.165, 1.54) is 5.56 Å². The molecule has 0 radical (unpaired) electrons. The van der Waals surface area contributed by atoms with Gasteiger partial charge in [0.05, 0.1) is 0 Å². The standard InChI is InChI=1S/C14H22N2O/c1-9(2)6-12-7-11(10(3)4)8-13(16-12)14(17)15-5/h7-10H,6H2,1-5H3,(H,15,17). The molecule has 1 aromatic rings. The van der Waals surface area contributed by atoms with Crippen LogP contribution in [0, 0.1) is 5.92 Å². The molecule has 0 atom stereocenters. The third kappa shape index (κ3) is 3.84. The number of nitrogens with zero attached hydrogens (tertiary/aromatic N) is 1. The number of carbonyl (C=O) groups is 1. The van der Waals surface area contributed by atoms with E-state index in [9.17, 15) is 4.79 Å². The average Bonchev–Trinajstić information content (AvgIpc) is 2.26. The van der Waals surface area contributed by atoms with Gasteiger partial charge in [-0.3, -0.25) is 4.79 Å². The SMILES string of the molecule is CNC(=O)c1cc(C(C)C)cc(CC(C)C)n1. The number of nitrogens with one attached hydrogen (secondary N) is 1. The lowest BCUT2D eigenvalue weighted by molar-refractivity contribution is 0.0957. The quantitative estimate of drug-likeness (QED) is 0.870. The number of rotatable bonds is 4. The molecule has 0 unspecified atom stereocenters. The van der Waals surface area contributed by atoms with E-state index >= 15 is 0 Å². The Morgan fingerprint density at radius 1 is 1.29 bits per heavy atom. The van der Waals surface area contributed by atoms with E-state index in [1.54, 1.807) is 7.05 Å². The molecule has 0 spiro atoms. The molecule has 94 valence electrons. The zero-order chi connectivity index (χ0) is 13.0. The number of amides is 1. The van der Waals surface area contributed by atoms with E-state index in [0.29, 0.717) is 17.5 Å². The normalized spacial score (nSPS) is 11.0. The summed E-state index contributed by atoms with van der Waals surface area (Å²) in [5, 5.41) is 2.63. The fourth-order valence-electron chi connectivity index (χ4n) is 1.71. The second-order valence-corrected chi connectivity index (χ2v) is 5.11. The van der Waals surface area contributed by atoms with Gasteiger partial charge in [0, 0.05) is 12.7 Å². The molecule has 3 heteroatoms. The highest BCUT2D eigenvalue weighted by Crippen LogP contribution is 2.18. The van der Waals surface area contributed by atoms with Crippen LogP contribution in [0.5, 0.6) is 0 Å². The molecule has 0 saturated heterocycles. The van der Waals surface area contributed by atoms with Gasteiger partial charge in [-0.1, -0.05) is 27.7 Å². The van der Waals surface area contributed by atoms with E-state index in [0.717, 1.165) is 12.1 Å². The number of carbonyl (C=O) groups excluding carboxylic acids is 1. The molecular weight excluding hydrogens is 212 g/mol. The van der Waals surface area contributed by atoms with Crippen molar-refractivity contribution in [3.63, 3.8) is 0 Å². The molecule has 1 aromatic heterocycles. The van der Waals surface area contributed by atoms with Gasteiger partial charge in [0.25, 0.3) is 5.91 Å². The van der Waals surface area contributed by atoms with E-state index in [2.05, 4.69) is 44.1 Å². The van der Waals surface area contributed by atoms with Crippen LogP contribution in [0.4, 0.5) is 0 Å². The zero-order valence-electron chi connectivity index (χ0n) is 11.4. The van der Waals surface area contributed by atoms with Crippen LogP contribution in [0.25, 0.3) is 0 Å². The van der Waals surface area contributed by atoms with Crippen molar-refractivity contribution in [2.24, 2.45) is 5.92 Å². The number of pyridine rings is 1. The first-order chi connectivity index (χ1) is 7.93. The van der Waals surface area contributed by atoms with Crippen molar-refractivity contribution >= 4 is 5.91 Å². The van der Waals surface area contributed by atoms with Gasteiger partial charge < -0.3 is 5.32 Å². The minimum Gasteiger partial charge on any atom is -0.354 e. The second-order valence-electron chi connectivity index (χ2n) is 5.11. The molecule has 0 aliphatic rings. The van der Waals surface area contributed by atoms with Crippen LogP contribution < -0.4 is 5.32 Å². The Kier molecular flexibility index (Phi) is 4.67. The van der Waals surface area contributed by atoms with E-state index in [4.69, 9.17) is 0 Å². The summed E-state index contributed by atoms with van der Waals surface area (Å²) in [5.41, 5.74) is 2.70. The molecule has 0 saturated carbocycles. The second kappa shape index (κ2) is 5.80. The van der Waals surface area contributed by atoms with Crippen LogP contribution in [-0.4, -0.2) is 17.9 Å². The summed E-state index contributed by atoms with van der Waals surface area (Å²) in [6.45, 7) is 8.57. The molecule has 0 fully saturated rings. The molecular formula is C14H22N2O. The topological polar surface area (TPSA) is 42.0 Å². The van der Waals surface area contributed by atoms with Gasteiger partial charge in [0.2, 0.25) is 0 Å². The van der Waals surface area contributed by atoms with Crippen LogP contribution in [0.15, 0.2) is 12.1 Å². The largest absolute Gasteiger partial charge is 0.354 e. The molecule has 1 rings (SSSR count). The zero-order valence-corrected chi connectivity index (χ0v) is 11.4. The summed E-state index contributed by atoms with van der Waals surface area (Å²) in [4.78, 5) is 16.1. The summed E-state index contributed by atoms with van der Waals surface area (Å²) < 4.78 is 0. The Balaban J connectivity index is 3.14. The number of aromatic nitrogens is 1. The maximum absolute atomic E-state index is 11.7. The molecule has 3 nitrogen and oxygen atoms in total. The highest BCUT2D eigenvalue weighted by atomic mass is 16.1. The first-order valence-corrected chi connectivity index (χ1v) is 6.17. The molecule has 0 aromatic carbocycles. The van der Waals surface area contributed by atoms with Gasteiger partial charge in [0.1, 0.15) is 5.69 Å². The van der Waals surface area contributed by atoms with Crippen LogP contribution in [-0.2, 0) is 6.42 Å². The van der Waals surface area contributed by atoms with Gasteiger partial charge in [-0.25, -0.2) is 4.98 Å². The highest BCUT2D eigenvalue weighted by Gasteiger charge is 2.11. The molecule has 1 amide bonds. The summed E-state index contributed by atoms with van der Waals surface area (Å²) in [5.74, 6) is 0.840. The predicted octanol–water partition coefficient (Wildman–Crippen LogP) is 2.76. The smallest absolute Gasteiger partial charge is 0.269 e. The molecule has 0 bridgehead atoms. The fraction of sp³-hybridized carbons (Fsp3) is 0.571. The van der Waals surface area contributed by atoms with Crippen molar-refractivity contribution in [1.82, 2.24) is 10.3 Å². The van der Waals surface area contributed by atoms with Crippen molar-refractivity contribution in [2.75, 3.05) is 7.05 Å². The fourth-order valence-corrected chi connectivity index (χ4v) is 1.71. The summed E-state index contributed by atoms with van der Waals surface area (Å²) >= 11 is 0. The molecule has 0 aliphatic heterocycles. The molecule has 1 heterocycles. The van der Waals surface area contributed by atoms with Crippen molar-refractivity contribution in [3.05, 3.63) is 29.1 Å². The van der Waals surface area contributed by atoms with E-state index in [-0.39, 0.29) is 5.91 Å². The Morgan fingerprint density at radius 2 is 1.94 bits per heavy atom. The van der Waals surface area contributed by atoms with Gasteiger partial charge in [-0.15, -0.1) is 0 Å². The maximum Gasteiger partial charge on any atom is 0.269 e. The maximum atomic E-state index is 11.7. The summed E-state index contributed by atoms with van der Waals surface area (Å²) in [6.07, 6.45) is 0.907. The van der Waals surface area contributed by atoms with Crippen LogP contribution in [0.3, 0.4) is 0 Å². The van der Waals surface area contributed by atoms with Crippen LogP contribution in [0.1, 0.15) is 55.4 Å². The van der Waals surface area contributed by atoms with Gasteiger partial charge in [-0.05, 0) is 36.0 Å². The molecule has 0 aliphatic carbocycles. The number of hydrogen-bond acceptors (Lipinski definition) is 2. The first kappa shape index (κ1) is 13.7. The van der Waals surface area contributed by atoms with Gasteiger partial charge >= 0.3 is 0 Å². The van der Waals surface area contributed by atoms with Crippen molar-refractivity contribution in [1.29, 1.82) is 0 Å². The monoisotopic (exact) mass is 234 g/mol. The number of hydrogen-bond donors (Lipinski definition) is 1. The Morgan fingerprint density at radius 3 is 2.41 bits per heavy atom. The lowest BCUT2D eigenvalue weighted by atomic mass is 9.99. The lowest BCUT2D eigenvalue weighted by Crippen LogP contribution is -2.20. The lowest BCUT2D eigenvalue weighted by Gasteiger charge is -2.12. The Hall–Kier alpha value is -1.38. The third-order valence-electron chi connectivity index (χ3n) is 2.64. The van der Waals surface area contributed by atoms with Crippen molar-refractivity contribution in [2.45, 2.75) is 40.0 Å². The average molecular weight is 234 g/mol. The summed E-state index contributed by atoms with van der Waals surface area (Å²) in [7, 11) is 1.63. The minimum absolute atomic E-state index is 0.113. The van der Waals surface area contributed by atoms with Gasteiger partial charge in [-0.2, -0.15) is 0 Å². The van der Waals surface area contributed by atoms with Crippen molar-refractivity contribution < 1.29 is 4.79 Å². The van der Waals surface area contributed by atoms with Gasteiger partial charge in [0.15, 0.2) is 0 Å². The first-order valence-electron chi connectivity index (χ1n) is 6.17. The predicted molar refractivity (Wildman–Crippen MR) is 70.3 cm³/mol. The minimum atomic E-state index is -0.113. The Bertz CT molecular complexity index is 397. The Labute approximate surface area is 104 Å². The third-order valence-corrected chi connectivity index (χ3v) is 2.64. The van der Waals surface area contributed by atoms with E-state index < -0.39 is 0 Å². The summed E-state index contributed by atoms with van der Waals surface area (Å²) in [6, 6.07) is 3.99. The highest BCUT2D eigenvalue weighted by molar-refractivity contribution is 5.92. The molecule has 1 N–H and O–H groups in total.